The normalized spacial score (nSPS) is 11.8. The second-order valence-corrected chi connectivity index (χ2v) is 3.91. The van der Waals surface area contributed by atoms with Gasteiger partial charge in [0.25, 0.3) is 0 Å². The third-order valence-corrected chi connectivity index (χ3v) is 2.65. The Labute approximate surface area is 100 Å². The predicted octanol–water partition coefficient (Wildman–Crippen LogP) is 2.86. The van der Waals surface area contributed by atoms with Crippen LogP contribution in [-0.2, 0) is 6.18 Å². The maximum atomic E-state index is 12.6. The van der Waals surface area contributed by atoms with E-state index in [4.69, 9.17) is 4.74 Å². The third-order valence-electron chi connectivity index (χ3n) is 2.65. The van der Waals surface area contributed by atoms with E-state index in [1.54, 1.807) is 13.0 Å². The molecule has 0 spiro atoms. The van der Waals surface area contributed by atoms with Gasteiger partial charge >= 0.3 is 6.18 Å². The second-order valence-electron chi connectivity index (χ2n) is 3.91. The van der Waals surface area contributed by atoms with E-state index in [1.807, 2.05) is 0 Å². The smallest absolute Gasteiger partial charge is 0.431 e. The van der Waals surface area contributed by atoms with Crippen LogP contribution in [-0.4, -0.2) is 12.1 Å². The number of aromatic amines is 1. The van der Waals surface area contributed by atoms with Crippen molar-refractivity contribution in [3.8, 4) is 5.75 Å². The largest absolute Gasteiger partial charge is 0.497 e. The topological polar surface area (TPSA) is 42.1 Å². The lowest BCUT2D eigenvalue weighted by atomic mass is 10.1. The minimum absolute atomic E-state index is 0.177. The summed E-state index contributed by atoms with van der Waals surface area (Å²) in [5, 5.41) is 0.180. The number of ether oxygens (including phenoxy) is 1. The van der Waals surface area contributed by atoms with E-state index in [9.17, 15) is 18.0 Å². The van der Waals surface area contributed by atoms with Gasteiger partial charge in [-0.3, -0.25) is 4.79 Å². The molecular weight excluding hydrogens is 247 g/mol. The first-order valence-electron chi connectivity index (χ1n) is 5.12. The van der Waals surface area contributed by atoms with Crippen molar-refractivity contribution in [2.45, 2.75) is 13.1 Å². The molecule has 0 aliphatic carbocycles. The molecule has 2 aromatic rings. The van der Waals surface area contributed by atoms with E-state index in [0.29, 0.717) is 17.4 Å². The fraction of sp³-hybridized carbons (Fsp3) is 0.250. The number of hydrogen-bond acceptors (Lipinski definition) is 2. The lowest BCUT2D eigenvalue weighted by molar-refractivity contribution is -0.141. The van der Waals surface area contributed by atoms with Crippen molar-refractivity contribution in [1.29, 1.82) is 0 Å². The van der Waals surface area contributed by atoms with Crippen LogP contribution in [0.15, 0.2) is 23.0 Å². The highest BCUT2D eigenvalue weighted by atomic mass is 19.4. The van der Waals surface area contributed by atoms with Gasteiger partial charge in [0.05, 0.1) is 12.6 Å². The summed E-state index contributed by atoms with van der Waals surface area (Å²) in [5.41, 5.74) is -1.03. The molecule has 96 valence electrons. The molecule has 0 radical (unpaired) electrons. The van der Waals surface area contributed by atoms with Crippen molar-refractivity contribution in [3.05, 3.63) is 39.7 Å². The summed E-state index contributed by atoms with van der Waals surface area (Å²) in [6.45, 7) is 1.61. The van der Waals surface area contributed by atoms with Crippen LogP contribution < -0.4 is 10.2 Å². The molecule has 0 fully saturated rings. The molecule has 0 saturated heterocycles. The molecule has 0 saturated carbocycles. The standard InChI is InChI=1S/C12H10F3NO2/c1-6-3-7(18-2)4-8-9(17)5-10(12(13,14)15)16-11(6)8/h3-5H,1-2H3,(H,16,17). The Hall–Kier alpha value is -1.98. The van der Waals surface area contributed by atoms with E-state index in [-0.39, 0.29) is 10.9 Å². The van der Waals surface area contributed by atoms with Gasteiger partial charge in [-0.1, -0.05) is 0 Å². The van der Waals surface area contributed by atoms with Gasteiger partial charge in [0.15, 0.2) is 5.43 Å². The van der Waals surface area contributed by atoms with Crippen molar-refractivity contribution in [1.82, 2.24) is 4.98 Å². The Morgan fingerprint density at radius 1 is 1.22 bits per heavy atom. The highest BCUT2D eigenvalue weighted by molar-refractivity contribution is 5.83. The molecule has 1 N–H and O–H groups in total. The fourth-order valence-corrected chi connectivity index (χ4v) is 1.76. The number of aromatic nitrogens is 1. The van der Waals surface area contributed by atoms with Crippen molar-refractivity contribution in [3.63, 3.8) is 0 Å². The number of benzene rings is 1. The van der Waals surface area contributed by atoms with Crippen LogP contribution in [0.4, 0.5) is 13.2 Å². The number of methoxy groups -OCH3 is 1. The Bertz CT molecular complexity index is 659. The number of aryl methyl sites for hydroxylation is 1. The molecule has 2 rings (SSSR count). The summed E-state index contributed by atoms with van der Waals surface area (Å²) in [6.07, 6.45) is -4.57. The van der Waals surface area contributed by atoms with Gasteiger partial charge in [0, 0.05) is 11.5 Å². The van der Waals surface area contributed by atoms with Crippen LogP contribution in [0.5, 0.6) is 5.75 Å². The number of hydrogen-bond donors (Lipinski definition) is 1. The first kappa shape index (κ1) is 12.5. The average molecular weight is 257 g/mol. The first-order valence-corrected chi connectivity index (χ1v) is 5.12. The zero-order chi connectivity index (χ0) is 13.5. The van der Waals surface area contributed by atoms with Crippen molar-refractivity contribution < 1.29 is 17.9 Å². The number of halogens is 3. The van der Waals surface area contributed by atoms with E-state index in [1.165, 1.54) is 13.2 Å². The third kappa shape index (κ3) is 2.05. The van der Waals surface area contributed by atoms with E-state index in [0.717, 1.165) is 0 Å². The van der Waals surface area contributed by atoms with Crippen molar-refractivity contribution in [2.75, 3.05) is 7.11 Å². The molecule has 3 nitrogen and oxygen atoms in total. The number of nitrogens with one attached hydrogen (secondary N) is 1. The molecular formula is C12H10F3NO2. The number of H-pyrrole nitrogens is 1. The summed E-state index contributed by atoms with van der Waals surface area (Å²) in [7, 11) is 1.43. The van der Waals surface area contributed by atoms with Gasteiger partial charge in [0.2, 0.25) is 0 Å². The zero-order valence-corrected chi connectivity index (χ0v) is 9.68. The van der Waals surface area contributed by atoms with E-state index in [2.05, 4.69) is 4.98 Å². The summed E-state index contributed by atoms with van der Waals surface area (Å²) in [5.74, 6) is 0.435. The predicted molar refractivity (Wildman–Crippen MR) is 60.9 cm³/mol. The molecule has 0 aliphatic rings. The van der Waals surface area contributed by atoms with Crippen LogP contribution in [0.1, 0.15) is 11.3 Å². The molecule has 0 aliphatic heterocycles. The lowest BCUT2D eigenvalue weighted by Crippen LogP contribution is -2.14. The number of fused-ring (bicyclic) bond motifs is 1. The van der Waals surface area contributed by atoms with Gasteiger partial charge in [-0.15, -0.1) is 0 Å². The van der Waals surface area contributed by atoms with Gasteiger partial charge in [-0.05, 0) is 24.6 Å². The number of alkyl halides is 3. The Morgan fingerprint density at radius 3 is 2.44 bits per heavy atom. The quantitative estimate of drug-likeness (QED) is 0.853. The van der Waals surface area contributed by atoms with Gasteiger partial charge in [0.1, 0.15) is 11.4 Å². The minimum Gasteiger partial charge on any atom is -0.497 e. The monoisotopic (exact) mass is 257 g/mol. The van der Waals surface area contributed by atoms with Crippen LogP contribution in [0.2, 0.25) is 0 Å². The number of rotatable bonds is 1. The van der Waals surface area contributed by atoms with Gasteiger partial charge < -0.3 is 9.72 Å². The molecule has 0 atom stereocenters. The SMILES string of the molecule is COc1cc(C)c2[nH]c(C(F)(F)F)cc(=O)c2c1. The van der Waals surface area contributed by atoms with Crippen LogP contribution >= 0.6 is 0 Å². The van der Waals surface area contributed by atoms with Gasteiger partial charge in [-0.2, -0.15) is 13.2 Å². The average Bonchev–Trinajstić information content (AvgIpc) is 2.28. The Balaban J connectivity index is 2.83. The second kappa shape index (κ2) is 4.04. The minimum atomic E-state index is -4.57. The maximum Gasteiger partial charge on any atom is 0.431 e. The summed E-state index contributed by atoms with van der Waals surface area (Å²) >= 11 is 0. The maximum absolute atomic E-state index is 12.6. The van der Waals surface area contributed by atoms with Crippen LogP contribution in [0.3, 0.4) is 0 Å². The van der Waals surface area contributed by atoms with Crippen LogP contribution in [0.25, 0.3) is 10.9 Å². The summed E-state index contributed by atoms with van der Waals surface area (Å²) in [6, 6.07) is 3.54. The lowest BCUT2D eigenvalue weighted by Gasteiger charge is -2.10. The fourth-order valence-electron chi connectivity index (χ4n) is 1.76. The molecule has 1 aromatic heterocycles. The van der Waals surface area contributed by atoms with E-state index < -0.39 is 17.3 Å². The zero-order valence-electron chi connectivity index (χ0n) is 9.68. The summed E-state index contributed by atoms with van der Waals surface area (Å²) in [4.78, 5) is 13.9. The van der Waals surface area contributed by atoms with Crippen molar-refractivity contribution >= 4 is 10.9 Å². The van der Waals surface area contributed by atoms with Crippen molar-refractivity contribution in [2.24, 2.45) is 0 Å². The highest BCUT2D eigenvalue weighted by Gasteiger charge is 2.32. The number of pyridine rings is 1. The molecule has 1 aromatic carbocycles. The molecule has 1 heterocycles. The van der Waals surface area contributed by atoms with Gasteiger partial charge in [-0.25, -0.2) is 0 Å². The first-order chi connectivity index (χ1) is 8.32. The molecule has 6 heteroatoms. The Kier molecular flexibility index (Phi) is 2.80. The molecule has 0 unspecified atom stereocenters. The van der Waals surface area contributed by atoms with E-state index >= 15 is 0 Å². The molecule has 0 amide bonds. The Morgan fingerprint density at radius 2 is 1.89 bits per heavy atom. The summed E-state index contributed by atoms with van der Waals surface area (Å²) < 4.78 is 42.7. The van der Waals surface area contributed by atoms with Crippen LogP contribution in [0, 0.1) is 6.92 Å². The molecule has 18 heavy (non-hydrogen) atoms. The molecule has 0 bridgehead atoms. The highest BCUT2D eigenvalue weighted by Crippen LogP contribution is 2.29.